The number of benzene rings is 2. The van der Waals surface area contributed by atoms with Crippen molar-refractivity contribution in [3.05, 3.63) is 70.3 Å². The summed E-state index contributed by atoms with van der Waals surface area (Å²) in [6.07, 6.45) is 0.622. The van der Waals surface area contributed by atoms with Crippen LogP contribution in [0, 0.1) is 0 Å². The fourth-order valence-electron chi connectivity index (χ4n) is 4.16. The van der Waals surface area contributed by atoms with Crippen molar-refractivity contribution in [3.63, 3.8) is 0 Å². The van der Waals surface area contributed by atoms with Crippen LogP contribution in [-0.2, 0) is 4.79 Å². The molecule has 3 aromatic rings. The first-order valence-electron chi connectivity index (χ1n) is 8.63. The number of rotatable bonds is 1. The van der Waals surface area contributed by atoms with E-state index in [1.807, 2.05) is 37.3 Å². The third-order valence-electron chi connectivity index (χ3n) is 5.26. The van der Waals surface area contributed by atoms with Gasteiger partial charge in [-0.15, -0.1) is 0 Å². The Morgan fingerprint density at radius 2 is 1.88 bits per heavy atom. The van der Waals surface area contributed by atoms with Crippen LogP contribution in [-0.4, -0.2) is 21.6 Å². The number of piperidine rings is 1. The fraction of sp³-hybridized carbons (Fsp3) is 0.250. The summed E-state index contributed by atoms with van der Waals surface area (Å²) in [5.74, 6) is 0.305. The minimum Gasteiger partial charge on any atom is -0.468 e. The van der Waals surface area contributed by atoms with Crippen LogP contribution in [0.25, 0.3) is 10.9 Å². The van der Waals surface area contributed by atoms with Crippen molar-refractivity contribution in [1.29, 1.82) is 0 Å². The summed E-state index contributed by atoms with van der Waals surface area (Å²) in [4.78, 5) is 32.8. The van der Waals surface area contributed by atoms with Gasteiger partial charge in [0.15, 0.2) is 5.72 Å². The van der Waals surface area contributed by atoms with E-state index in [9.17, 15) is 9.59 Å². The molecule has 130 valence electrons. The summed E-state index contributed by atoms with van der Waals surface area (Å²) in [6.45, 7) is 1.88. The number of carbonyl (C=O) groups is 1. The first-order valence-corrected chi connectivity index (χ1v) is 8.63. The summed E-state index contributed by atoms with van der Waals surface area (Å²) in [6, 6.07) is 14.9. The lowest BCUT2D eigenvalue weighted by atomic mass is 9.74. The third-order valence-corrected chi connectivity index (χ3v) is 5.26. The highest BCUT2D eigenvalue weighted by molar-refractivity contribution is 5.87. The number of H-pyrrole nitrogens is 1. The van der Waals surface area contributed by atoms with Crippen LogP contribution in [0.1, 0.15) is 36.6 Å². The van der Waals surface area contributed by atoms with Gasteiger partial charge < -0.3 is 15.0 Å². The molecule has 2 aromatic carbocycles. The van der Waals surface area contributed by atoms with Crippen LogP contribution >= 0.6 is 0 Å². The number of nitrogens with zero attached hydrogens (tertiary/aromatic N) is 1. The number of amides is 1. The standard InChI is InChI=1S/C20H17N3O3/c1-20-10-13(11-6-3-5-9-15(11)26-20)16(19(25)23-20)17-21-14-8-4-2-7-12(14)18(24)22-17/h2-9,13,16H,10H2,1H3,(H,23,25)(H,21,22,24). The zero-order valence-electron chi connectivity index (χ0n) is 14.2. The summed E-state index contributed by atoms with van der Waals surface area (Å²) in [7, 11) is 0. The maximum absolute atomic E-state index is 12.9. The number of carbonyl (C=O) groups excluding carboxylic acids is 1. The van der Waals surface area contributed by atoms with Gasteiger partial charge in [0.25, 0.3) is 5.56 Å². The quantitative estimate of drug-likeness (QED) is 0.708. The van der Waals surface area contributed by atoms with Gasteiger partial charge in [0.1, 0.15) is 17.5 Å². The number of aromatic nitrogens is 2. The molecule has 1 amide bonds. The van der Waals surface area contributed by atoms with E-state index in [4.69, 9.17) is 4.74 Å². The largest absolute Gasteiger partial charge is 0.468 e. The van der Waals surface area contributed by atoms with Gasteiger partial charge in [-0.25, -0.2) is 4.98 Å². The van der Waals surface area contributed by atoms with Gasteiger partial charge in [-0.05, 0) is 30.7 Å². The molecule has 3 unspecified atom stereocenters. The molecule has 0 saturated carbocycles. The van der Waals surface area contributed by atoms with Crippen molar-refractivity contribution in [2.45, 2.75) is 30.9 Å². The lowest BCUT2D eigenvalue weighted by Crippen LogP contribution is -2.60. The normalized spacial score (nSPS) is 26.7. The van der Waals surface area contributed by atoms with Gasteiger partial charge in [0, 0.05) is 12.3 Å². The van der Waals surface area contributed by atoms with Crippen LogP contribution in [0.15, 0.2) is 53.3 Å². The molecule has 0 radical (unpaired) electrons. The molecule has 2 aliphatic rings. The molecule has 2 N–H and O–H groups in total. The Bertz CT molecular complexity index is 1110. The van der Waals surface area contributed by atoms with Crippen LogP contribution in [0.4, 0.5) is 0 Å². The Hall–Kier alpha value is -3.15. The van der Waals surface area contributed by atoms with E-state index in [0.717, 1.165) is 11.3 Å². The van der Waals surface area contributed by atoms with Gasteiger partial charge in [0.05, 0.1) is 10.9 Å². The molecular weight excluding hydrogens is 330 g/mol. The van der Waals surface area contributed by atoms with Crippen LogP contribution < -0.4 is 15.6 Å². The van der Waals surface area contributed by atoms with Crippen molar-refractivity contribution in [3.8, 4) is 5.75 Å². The Balaban J connectivity index is 1.70. The number of ether oxygens (including phenoxy) is 1. The number of para-hydroxylation sites is 2. The van der Waals surface area contributed by atoms with E-state index in [2.05, 4.69) is 15.3 Å². The minimum absolute atomic E-state index is 0.108. The fourth-order valence-corrected chi connectivity index (χ4v) is 4.16. The van der Waals surface area contributed by atoms with Crippen LogP contribution in [0.2, 0.25) is 0 Å². The van der Waals surface area contributed by atoms with E-state index in [0.29, 0.717) is 23.1 Å². The van der Waals surface area contributed by atoms with Crippen molar-refractivity contribution < 1.29 is 9.53 Å². The Morgan fingerprint density at radius 1 is 1.12 bits per heavy atom. The van der Waals surface area contributed by atoms with Gasteiger partial charge in [0.2, 0.25) is 5.91 Å². The average Bonchev–Trinajstić information content (AvgIpc) is 2.61. The molecule has 0 spiro atoms. The zero-order chi connectivity index (χ0) is 17.9. The second-order valence-corrected chi connectivity index (χ2v) is 7.12. The number of nitrogens with one attached hydrogen (secondary N) is 2. The van der Waals surface area contributed by atoms with E-state index >= 15 is 0 Å². The van der Waals surface area contributed by atoms with Crippen molar-refractivity contribution in [2.24, 2.45) is 0 Å². The van der Waals surface area contributed by atoms with Gasteiger partial charge in [-0.1, -0.05) is 30.3 Å². The highest BCUT2D eigenvalue weighted by atomic mass is 16.5. The molecule has 3 heterocycles. The van der Waals surface area contributed by atoms with E-state index in [1.165, 1.54) is 0 Å². The van der Waals surface area contributed by atoms with Gasteiger partial charge >= 0.3 is 0 Å². The topological polar surface area (TPSA) is 84.1 Å². The lowest BCUT2D eigenvalue weighted by molar-refractivity contribution is -0.135. The first kappa shape index (κ1) is 15.1. The average molecular weight is 347 g/mol. The molecule has 5 rings (SSSR count). The number of hydrogen-bond donors (Lipinski definition) is 2. The molecule has 2 aliphatic heterocycles. The molecule has 6 heteroatoms. The van der Waals surface area contributed by atoms with Crippen LogP contribution in [0.5, 0.6) is 5.75 Å². The van der Waals surface area contributed by atoms with Gasteiger partial charge in [-0.3, -0.25) is 9.59 Å². The van der Waals surface area contributed by atoms with E-state index in [-0.39, 0.29) is 17.4 Å². The predicted octanol–water partition coefficient (Wildman–Crippen LogP) is 2.42. The number of hydrogen-bond acceptors (Lipinski definition) is 4. The maximum Gasteiger partial charge on any atom is 0.258 e. The monoisotopic (exact) mass is 347 g/mol. The highest BCUT2D eigenvalue weighted by Crippen LogP contribution is 2.49. The molecule has 1 aromatic heterocycles. The Kier molecular flexibility index (Phi) is 3.01. The molecule has 3 atom stereocenters. The molecule has 2 bridgehead atoms. The highest BCUT2D eigenvalue weighted by Gasteiger charge is 2.50. The summed E-state index contributed by atoms with van der Waals surface area (Å²) in [5, 5.41) is 3.48. The first-order chi connectivity index (χ1) is 12.5. The number of aromatic amines is 1. The molecular formula is C20H17N3O3. The second-order valence-electron chi connectivity index (χ2n) is 7.12. The molecule has 0 aliphatic carbocycles. The molecule has 1 saturated heterocycles. The summed E-state index contributed by atoms with van der Waals surface area (Å²) in [5.41, 5.74) is 0.587. The SMILES string of the molecule is CC12CC(c3ccccc3O1)C(c1nc3ccccc3c(=O)[nH]1)C(=O)N2. The third kappa shape index (κ3) is 2.15. The maximum atomic E-state index is 12.9. The summed E-state index contributed by atoms with van der Waals surface area (Å²) < 4.78 is 6.01. The number of fused-ring (bicyclic) bond motifs is 5. The van der Waals surface area contributed by atoms with Crippen LogP contribution in [0.3, 0.4) is 0 Å². The second kappa shape index (κ2) is 5.17. The predicted molar refractivity (Wildman–Crippen MR) is 96.1 cm³/mol. The Labute approximate surface area is 149 Å². The summed E-state index contributed by atoms with van der Waals surface area (Å²) >= 11 is 0. The van der Waals surface area contributed by atoms with Crippen molar-refractivity contribution >= 4 is 16.8 Å². The van der Waals surface area contributed by atoms with Crippen molar-refractivity contribution in [2.75, 3.05) is 0 Å². The van der Waals surface area contributed by atoms with E-state index < -0.39 is 11.6 Å². The lowest BCUT2D eigenvalue weighted by Gasteiger charge is -2.46. The molecule has 1 fully saturated rings. The smallest absolute Gasteiger partial charge is 0.258 e. The van der Waals surface area contributed by atoms with E-state index in [1.54, 1.807) is 18.2 Å². The molecule has 26 heavy (non-hydrogen) atoms. The van der Waals surface area contributed by atoms with Crippen molar-refractivity contribution in [1.82, 2.24) is 15.3 Å². The zero-order valence-corrected chi connectivity index (χ0v) is 14.2. The molecule has 6 nitrogen and oxygen atoms in total. The Morgan fingerprint density at radius 3 is 2.77 bits per heavy atom. The minimum atomic E-state index is -0.746. The van der Waals surface area contributed by atoms with Gasteiger partial charge in [-0.2, -0.15) is 0 Å².